The summed E-state index contributed by atoms with van der Waals surface area (Å²) < 4.78 is 12.9. The Balaban J connectivity index is 1.83. The first-order chi connectivity index (χ1) is 18.6. The number of anilines is 1. The first kappa shape index (κ1) is 26.1. The number of ether oxygens (including phenoxy) is 2. The van der Waals surface area contributed by atoms with E-state index >= 15 is 0 Å². The van der Waals surface area contributed by atoms with Gasteiger partial charge in [0.15, 0.2) is 0 Å². The number of rotatable bonds is 5. The molecule has 1 aromatic heterocycles. The van der Waals surface area contributed by atoms with Crippen LogP contribution in [0.15, 0.2) is 78.5 Å². The molecule has 5 rings (SSSR count). The van der Waals surface area contributed by atoms with Crippen LogP contribution in [0.25, 0.3) is 16.7 Å². The molecule has 0 aliphatic carbocycles. The number of aromatic nitrogens is 1. The molecule has 1 atom stereocenters. The highest BCUT2D eigenvalue weighted by Crippen LogP contribution is 2.46. The van der Waals surface area contributed by atoms with Gasteiger partial charge in [-0.2, -0.15) is 0 Å². The van der Waals surface area contributed by atoms with Gasteiger partial charge in [-0.1, -0.05) is 51.1 Å². The summed E-state index contributed by atoms with van der Waals surface area (Å²) in [6, 6.07) is 19.5. The van der Waals surface area contributed by atoms with Crippen molar-refractivity contribution in [1.29, 1.82) is 0 Å². The van der Waals surface area contributed by atoms with Gasteiger partial charge < -0.3 is 19.1 Å². The van der Waals surface area contributed by atoms with Crippen LogP contribution in [0.5, 0.6) is 11.5 Å². The number of aliphatic hydroxyl groups excluding tert-OH is 1. The third-order valence-electron chi connectivity index (χ3n) is 7.32. The highest BCUT2D eigenvalue weighted by molar-refractivity contribution is 6.52. The summed E-state index contributed by atoms with van der Waals surface area (Å²) in [6.07, 6.45) is 1.91. The smallest absolute Gasteiger partial charge is 0.300 e. The van der Waals surface area contributed by atoms with Crippen molar-refractivity contribution in [2.75, 3.05) is 19.1 Å². The molecule has 1 fully saturated rings. The summed E-state index contributed by atoms with van der Waals surface area (Å²) in [5.41, 5.74) is 3.25. The van der Waals surface area contributed by atoms with E-state index in [0.29, 0.717) is 22.7 Å². The summed E-state index contributed by atoms with van der Waals surface area (Å²) in [4.78, 5) is 28.9. The number of amides is 1. The number of hydrogen-bond donors (Lipinski definition) is 1. The molecule has 3 aromatic carbocycles. The fraction of sp³-hybridized carbons (Fsp3) is 0.250. The highest BCUT2D eigenvalue weighted by atomic mass is 16.5. The lowest BCUT2D eigenvalue weighted by Gasteiger charge is -2.26. The third-order valence-corrected chi connectivity index (χ3v) is 7.32. The van der Waals surface area contributed by atoms with Crippen molar-refractivity contribution < 1.29 is 24.2 Å². The predicted octanol–water partition coefficient (Wildman–Crippen LogP) is 6.12. The van der Waals surface area contributed by atoms with Gasteiger partial charge in [0.1, 0.15) is 17.3 Å². The Morgan fingerprint density at radius 3 is 2.36 bits per heavy atom. The van der Waals surface area contributed by atoms with E-state index in [1.165, 1.54) is 12.0 Å². The molecule has 0 radical (unpaired) electrons. The zero-order chi connectivity index (χ0) is 28.1. The van der Waals surface area contributed by atoms with Gasteiger partial charge in [0, 0.05) is 41.5 Å². The molecule has 0 bridgehead atoms. The van der Waals surface area contributed by atoms with Gasteiger partial charge in [-0.15, -0.1) is 0 Å². The zero-order valence-corrected chi connectivity index (χ0v) is 23.0. The quantitative estimate of drug-likeness (QED) is 0.193. The van der Waals surface area contributed by atoms with Crippen LogP contribution < -0.4 is 14.4 Å². The number of fused-ring (bicyclic) bond motifs is 1. The first-order valence-corrected chi connectivity index (χ1v) is 12.7. The minimum Gasteiger partial charge on any atom is -0.507 e. The van der Waals surface area contributed by atoms with E-state index < -0.39 is 17.7 Å². The van der Waals surface area contributed by atoms with Crippen LogP contribution in [0.1, 0.15) is 43.5 Å². The molecule has 0 spiro atoms. The number of ketones is 1. The van der Waals surface area contributed by atoms with Gasteiger partial charge in [0.25, 0.3) is 11.7 Å². The van der Waals surface area contributed by atoms with Crippen LogP contribution in [0, 0.1) is 0 Å². The summed E-state index contributed by atoms with van der Waals surface area (Å²) in [6.45, 7) is 6.20. The van der Waals surface area contributed by atoms with E-state index in [-0.39, 0.29) is 16.7 Å². The second-order valence-electron chi connectivity index (χ2n) is 10.7. The number of hydrogen-bond acceptors (Lipinski definition) is 5. The SMILES string of the molecule is COc1cccc(N2C(=O)C(=O)/C(=C(/O)c3cc(C(C)(C)C)ccc3OC)C2c2cn(C)c3ccccc23)c1. The van der Waals surface area contributed by atoms with Crippen LogP contribution in [-0.2, 0) is 22.1 Å². The van der Waals surface area contributed by atoms with Crippen LogP contribution >= 0.6 is 0 Å². The average molecular weight is 525 g/mol. The maximum absolute atomic E-state index is 13.8. The zero-order valence-electron chi connectivity index (χ0n) is 23.0. The van der Waals surface area contributed by atoms with Crippen LogP contribution in [0.2, 0.25) is 0 Å². The molecule has 200 valence electrons. The molecule has 1 unspecified atom stereocenters. The molecule has 7 nitrogen and oxygen atoms in total. The third kappa shape index (κ3) is 4.34. The molecule has 39 heavy (non-hydrogen) atoms. The van der Waals surface area contributed by atoms with Crippen LogP contribution in [0.4, 0.5) is 5.69 Å². The van der Waals surface area contributed by atoms with Gasteiger partial charge in [-0.25, -0.2) is 0 Å². The van der Waals surface area contributed by atoms with E-state index in [0.717, 1.165) is 22.0 Å². The van der Waals surface area contributed by atoms with E-state index in [1.54, 1.807) is 37.4 Å². The fourth-order valence-corrected chi connectivity index (χ4v) is 5.25. The maximum atomic E-state index is 13.8. The maximum Gasteiger partial charge on any atom is 0.300 e. The predicted molar refractivity (Wildman–Crippen MR) is 152 cm³/mol. The minimum atomic E-state index is -0.883. The Kier molecular flexibility index (Phi) is 6.46. The van der Waals surface area contributed by atoms with E-state index in [4.69, 9.17) is 9.47 Å². The Morgan fingerprint density at radius 2 is 1.67 bits per heavy atom. The van der Waals surface area contributed by atoms with Crippen molar-refractivity contribution in [1.82, 2.24) is 4.57 Å². The molecular formula is C32H32N2O5. The molecule has 1 aliphatic rings. The average Bonchev–Trinajstić information content (AvgIpc) is 3.40. The number of carbonyl (C=O) groups excluding carboxylic acids is 2. The molecule has 1 amide bonds. The second-order valence-corrected chi connectivity index (χ2v) is 10.7. The Bertz CT molecular complexity index is 1640. The van der Waals surface area contributed by atoms with Crippen molar-refractivity contribution >= 4 is 34.0 Å². The number of methoxy groups -OCH3 is 2. The number of Topliss-reactive ketones (excluding diaryl/α,β-unsaturated/α-hetero) is 1. The van der Waals surface area contributed by atoms with Gasteiger partial charge >= 0.3 is 0 Å². The first-order valence-electron chi connectivity index (χ1n) is 12.7. The lowest BCUT2D eigenvalue weighted by Crippen LogP contribution is -2.29. The Hall–Kier alpha value is -4.52. The summed E-state index contributed by atoms with van der Waals surface area (Å²) in [5, 5.41) is 12.7. The van der Waals surface area contributed by atoms with Crippen molar-refractivity contribution in [2.24, 2.45) is 7.05 Å². The molecule has 0 saturated carbocycles. The fourth-order valence-electron chi connectivity index (χ4n) is 5.25. The minimum absolute atomic E-state index is 0.00327. The number of aliphatic hydroxyl groups is 1. The summed E-state index contributed by atoms with van der Waals surface area (Å²) >= 11 is 0. The molecule has 1 aliphatic heterocycles. The van der Waals surface area contributed by atoms with E-state index in [1.807, 2.05) is 54.2 Å². The normalized spacial score (nSPS) is 17.2. The van der Waals surface area contributed by atoms with Gasteiger partial charge in [0.2, 0.25) is 0 Å². The molecule has 1 N–H and O–H groups in total. The standard InChI is InChI=1S/C32H32N2O5/c1-32(2,3)19-14-15-26(39-6)23(16-19)29(35)27-28(24-18-33(4)25-13-8-7-12-22(24)25)34(31(37)30(27)36)20-10-9-11-21(17-20)38-5/h7-18,28,35H,1-6H3/b29-27+. The molecule has 7 heteroatoms. The lowest BCUT2D eigenvalue weighted by molar-refractivity contribution is -0.132. The molecule has 4 aromatic rings. The van der Waals surface area contributed by atoms with Gasteiger partial charge in [-0.3, -0.25) is 14.5 Å². The number of nitrogens with zero attached hydrogens (tertiary/aromatic N) is 2. The highest BCUT2D eigenvalue weighted by Gasteiger charge is 2.48. The summed E-state index contributed by atoms with van der Waals surface area (Å²) in [7, 11) is 4.98. The topological polar surface area (TPSA) is 81.0 Å². The molecule has 1 saturated heterocycles. The number of carbonyl (C=O) groups is 2. The Labute approximate surface area is 227 Å². The lowest BCUT2D eigenvalue weighted by atomic mass is 9.85. The van der Waals surface area contributed by atoms with Crippen molar-refractivity contribution in [3.05, 3.63) is 95.2 Å². The second kappa shape index (κ2) is 9.66. The van der Waals surface area contributed by atoms with Crippen LogP contribution in [-0.4, -0.2) is 35.6 Å². The number of aryl methyl sites for hydroxylation is 1. The van der Waals surface area contributed by atoms with E-state index in [2.05, 4.69) is 20.8 Å². The van der Waals surface area contributed by atoms with Crippen LogP contribution in [0.3, 0.4) is 0 Å². The van der Waals surface area contributed by atoms with E-state index in [9.17, 15) is 14.7 Å². The monoisotopic (exact) mass is 524 g/mol. The molecule has 2 heterocycles. The van der Waals surface area contributed by atoms with Crippen molar-refractivity contribution in [3.63, 3.8) is 0 Å². The molecular weight excluding hydrogens is 492 g/mol. The van der Waals surface area contributed by atoms with Gasteiger partial charge in [0.05, 0.1) is 31.4 Å². The Morgan fingerprint density at radius 1 is 0.923 bits per heavy atom. The largest absolute Gasteiger partial charge is 0.507 e. The summed E-state index contributed by atoms with van der Waals surface area (Å²) in [5.74, 6) is -0.819. The van der Waals surface area contributed by atoms with Crippen molar-refractivity contribution in [3.8, 4) is 11.5 Å². The number of para-hydroxylation sites is 1. The van der Waals surface area contributed by atoms with Crippen molar-refractivity contribution in [2.45, 2.75) is 32.2 Å². The number of benzene rings is 3. The van der Waals surface area contributed by atoms with Gasteiger partial charge in [-0.05, 0) is 41.3 Å².